The van der Waals surface area contributed by atoms with E-state index >= 15 is 0 Å². The Labute approximate surface area is 420 Å². The fourth-order valence-electron chi connectivity index (χ4n) is 8.46. The van der Waals surface area contributed by atoms with Crippen molar-refractivity contribution in [3.05, 3.63) is 95.7 Å². The summed E-state index contributed by atoms with van der Waals surface area (Å²) in [4.78, 5) is 110. The molecule has 2 saturated heterocycles. The molecule has 22 heteroatoms. The first-order valence-corrected chi connectivity index (χ1v) is 24.2. The van der Waals surface area contributed by atoms with Gasteiger partial charge in [-0.3, -0.25) is 38.4 Å². The summed E-state index contributed by atoms with van der Waals surface area (Å²) in [6.45, 7) is 3.61. The second kappa shape index (κ2) is 25.9. The summed E-state index contributed by atoms with van der Waals surface area (Å²) in [5, 5.41) is 24.9. The van der Waals surface area contributed by atoms with Crippen LogP contribution in [0.15, 0.2) is 84.5 Å². The standard InChI is InChI=1S/C43H56N12O8S.C5H6.Fe/c1-3-23(2)37-43(63)54-20-26(55-21-32(52-53-55)24-10-4-5-11-24)17-33(54)42(62)50-30(16-25-22-64-34-14-7-6-12-27(25)34)40(60)48-29(38(46)58)13-8-9-15-47-36(57)18-28(44)39(59)49-31(19-35(45)56)41(61)51-37;1-2-4-5-3-1;/h4-7,10-12,14,21-24,26,28-31,33,37H,3,8-9,13,15-20,44H2,1-2H3,(H2,45,56)(H2,46,58)(H,47,57)(H,48,60)(H,49,59)(H,50,62)(H,51,61);1-4H,5H2;/q;;+2/t23?,26-,28-,29-,30-,31-,33-,37-;;/m0../s1. The smallest absolute Gasteiger partial charge is 0.370 e. The first-order chi connectivity index (χ1) is 33.1. The van der Waals surface area contributed by atoms with Gasteiger partial charge in [-0.15, -0.1) is 16.4 Å². The predicted octanol–water partition coefficient (Wildman–Crippen LogP) is 0.951. The number of hydrogen-bond acceptors (Lipinski definition) is 12. The molecule has 8 atom stereocenters. The third-order valence-corrected chi connectivity index (χ3v) is 13.6. The number of aromatic nitrogens is 3. The minimum atomic E-state index is -1.57. The number of carbonyl (C=O) groups is 8. The summed E-state index contributed by atoms with van der Waals surface area (Å²) in [6.07, 6.45) is 19.1. The molecule has 0 saturated carbocycles. The van der Waals surface area contributed by atoms with Gasteiger partial charge >= 0.3 is 17.1 Å². The van der Waals surface area contributed by atoms with Crippen molar-refractivity contribution in [3.8, 4) is 0 Å². The molecule has 0 bridgehead atoms. The van der Waals surface area contributed by atoms with Gasteiger partial charge in [-0.2, -0.15) is 0 Å². The van der Waals surface area contributed by atoms with Crippen LogP contribution in [0, 0.1) is 5.92 Å². The van der Waals surface area contributed by atoms with Gasteiger partial charge in [-0.1, -0.05) is 92.3 Å². The molecule has 0 radical (unpaired) electrons. The van der Waals surface area contributed by atoms with E-state index in [2.05, 4.69) is 61.2 Å². The summed E-state index contributed by atoms with van der Waals surface area (Å²) in [6, 6.07) is -0.817. The number of rotatable bonds is 9. The molecule has 7 rings (SSSR count). The van der Waals surface area contributed by atoms with Crippen molar-refractivity contribution in [2.45, 2.75) is 120 Å². The Kier molecular flexibility index (Phi) is 20.2. The van der Waals surface area contributed by atoms with E-state index in [-0.39, 0.29) is 55.3 Å². The fourth-order valence-corrected chi connectivity index (χ4v) is 9.43. The molecule has 2 fully saturated rings. The number of allylic oxidation sites excluding steroid dienone is 8. The molecule has 20 nitrogen and oxygen atoms in total. The predicted molar refractivity (Wildman–Crippen MR) is 258 cm³/mol. The van der Waals surface area contributed by atoms with Gasteiger partial charge in [0.25, 0.3) is 0 Å². The van der Waals surface area contributed by atoms with Gasteiger partial charge < -0.3 is 48.7 Å². The van der Waals surface area contributed by atoms with Gasteiger partial charge in [0.05, 0.1) is 30.6 Å². The van der Waals surface area contributed by atoms with Crippen LogP contribution in [0.5, 0.6) is 0 Å². The summed E-state index contributed by atoms with van der Waals surface area (Å²) in [5.74, 6) is -6.81. The van der Waals surface area contributed by atoms with Gasteiger partial charge in [0.15, 0.2) is 0 Å². The van der Waals surface area contributed by atoms with Crippen molar-refractivity contribution in [2.24, 2.45) is 23.1 Å². The van der Waals surface area contributed by atoms with E-state index in [4.69, 9.17) is 17.2 Å². The zero-order valence-corrected chi connectivity index (χ0v) is 41.0. The Morgan fingerprint density at radius 2 is 1.59 bits per heavy atom. The molecular weight excluding hydrogens is 961 g/mol. The zero-order valence-electron chi connectivity index (χ0n) is 39.1. The number of nitrogens with one attached hydrogen (secondary N) is 5. The molecule has 2 aliphatic heterocycles. The van der Waals surface area contributed by atoms with Gasteiger partial charge in [0.2, 0.25) is 47.3 Å². The maximum absolute atomic E-state index is 14.9. The molecule has 1 aromatic carbocycles. The second-order valence-corrected chi connectivity index (χ2v) is 18.6. The van der Waals surface area contributed by atoms with Crippen LogP contribution in [0.3, 0.4) is 0 Å². The van der Waals surface area contributed by atoms with Crippen molar-refractivity contribution in [3.63, 3.8) is 0 Å². The van der Waals surface area contributed by atoms with Crippen LogP contribution >= 0.6 is 11.3 Å². The summed E-state index contributed by atoms with van der Waals surface area (Å²) in [5.41, 5.74) is 18.7. The SMILES string of the molecule is C1=CCC=C1.CCC(C)[C@@H]1NC(=O)[C@H](CC(N)=O)NC(=O)[C@@H](N)CC(=O)NCCCC[C@@H](C(N)=O)NC(=O)[C@H](Cc2csc3ccccc23)NC(=O)[C@@H]2C[C@H](n3cc(C4C=CC=C4)nn3)CN2C1=O.[Fe+2]. The molecule has 70 heavy (non-hydrogen) atoms. The van der Waals surface area contributed by atoms with Crippen molar-refractivity contribution < 1.29 is 55.4 Å². The molecule has 11 N–H and O–H groups in total. The van der Waals surface area contributed by atoms with E-state index in [0.29, 0.717) is 25.0 Å². The molecule has 2 aromatic heterocycles. The summed E-state index contributed by atoms with van der Waals surface area (Å²) in [7, 11) is 0. The van der Waals surface area contributed by atoms with Crippen LogP contribution < -0.4 is 43.8 Å². The monoisotopic (exact) mass is 1020 g/mol. The Hall–Kier alpha value is -6.48. The number of benzene rings is 1. The van der Waals surface area contributed by atoms with Gasteiger partial charge in [0, 0.05) is 42.7 Å². The van der Waals surface area contributed by atoms with Gasteiger partial charge in [-0.05, 0) is 54.0 Å². The van der Waals surface area contributed by atoms with Crippen LogP contribution in [-0.2, 0) is 61.8 Å². The number of thiophene rings is 1. The number of nitrogens with zero attached hydrogens (tertiary/aromatic N) is 4. The van der Waals surface area contributed by atoms with E-state index in [1.165, 1.54) is 16.2 Å². The maximum atomic E-state index is 14.9. The summed E-state index contributed by atoms with van der Waals surface area (Å²) < 4.78 is 2.56. The largest absolute Gasteiger partial charge is 2.00 e. The van der Waals surface area contributed by atoms with Crippen LogP contribution in [0.25, 0.3) is 10.1 Å². The van der Waals surface area contributed by atoms with Crippen molar-refractivity contribution in [2.75, 3.05) is 13.1 Å². The average molecular weight is 1020 g/mol. The molecule has 4 aliphatic rings. The quantitative estimate of drug-likeness (QED) is 0.140. The van der Waals surface area contributed by atoms with E-state index in [0.717, 1.165) is 22.1 Å². The number of carbonyl (C=O) groups excluding carboxylic acids is 8. The van der Waals surface area contributed by atoms with Crippen molar-refractivity contribution >= 4 is 68.7 Å². The number of amides is 8. The minimum absolute atomic E-state index is 0. The third kappa shape index (κ3) is 14.5. The second-order valence-electron chi connectivity index (χ2n) is 17.7. The van der Waals surface area contributed by atoms with Crippen molar-refractivity contribution in [1.29, 1.82) is 0 Å². The van der Waals surface area contributed by atoms with Crippen LogP contribution in [-0.4, -0.2) is 116 Å². The molecule has 2 aliphatic carbocycles. The zero-order chi connectivity index (χ0) is 49.6. The van der Waals surface area contributed by atoms with Gasteiger partial charge in [0.1, 0.15) is 30.2 Å². The fraction of sp³-hybridized carbons (Fsp3) is 0.458. The molecule has 8 amide bonds. The van der Waals surface area contributed by atoms with E-state index in [9.17, 15) is 38.4 Å². The number of primary amides is 2. The van der Waals surface area contributed by atoms with Crippen LogP contribution in [0.4, 0.5) is 0 Å². The minimum Gasteiger partial charge on any atom is -0.370 e. The van der Waals surface area contributed by atoms with Crippen molar-refractivity contribution in [1.82, 2.24) is 46.5 Å². The van der Waals surface area contributed by atoms with Crippen LogP contribution in [0.2, 0.25) is 0 Å². The first-order valence-electron chi connectivity index (χ1n) is 23.3. The maximum Gasteiger partial charge on any atom is 2.00 e. The average Bonchev–Trinajstić information content (AvgIpc) is 4.19. The number of hydrogen-bond donors (Lipinski definition) is 8. The molecule has 1 unspecified atom stereocenters. The molecule has 4 heterocycles. The Bertz CT molecular complexity index is 2480. The van der Waals surface area contributed by atoms with E-state index in [1.807, 2.05) is 53.9 Å². The molecular formula is C48H62FeN12O8S+2. The first kappa shape index (κ1) is 54.5. The number of fused-ring (bicyclic) bond motifs is 2. The number of nitrogens with two attached hydrogens (primary N) is 3. The third-order valence-electron chi connectivity index (χ3n) is 12.6. The summed E-state index contributed by atoms with van der Waals surface area (Å²) >= 11 is 1.47. The van der Waals surface area contributed by atoms with E-state index in [1.54, 1.807) is 24.7 Å². The van der Waals surface area contributed by atoms with Crippen LogP contribution in [0.1, 0.15) is 88.4 Å². The normalized spacial score (nSPS) is 25.4. The Morgan fingerprint density at radius 3 is 2.26 bits per heavy atom. The topological polar surface area (TPSA) is 309 Å². The van der Waals surface area contributed by atoms with E-state index < -0.39 is 108 Å². The Morgan fingerprint density at radius 1 is 0.886 bits per heavy atom. The molecule has 3 aromatic rings. The molecule has 374 valence electrons. The molecule has 0 spiro atoms. The van der Waals surface area contributed by atoms with Gasteiger partial charge in [-0.25, -0.2) is 4.68 Å². The Balaban J connectivity index is 0.00000143.